The van der Waals surface area contributed by atoms with Gasteiger partial charge in [0.1, 0.15) is 0 Å². The van der Waals surface area contributed by atoms with Crippen molar-refractivity contribution in [1.82, 2.24) is 15.0 Å². The van der Waals surface area contributed by atoms with Crippen LogP contribution in [0.2, 0.25) is 0 Å². The standard InChI is InChI=1S/C21H6N12O18/c34-25(35)7-1-10(28(40)41)16(11(2-7)29(42)43)19-22-20(17-12(30(44)45)3-8(26(36)37)4-13(17)31(46)47)24-21(23-19)18-14(32(48)49)5-9(27(38)39)6-15(18)33(50)51/h1-6H. The molecule has 0 atom stereocenters. The molecule has 0 amide bonds. The van der Waals surface area contributed by atoms with Crippen LogP contribution in [0.4, 0.5) is 51.2 Å². The normalized spacial score (nSPS) is 10.6. The molecule has 0 radical (unpaired) electrons. The van der Waals surface area contributed by atoms with Crippen molar-refractivity contribution in [3.63, 3.8) is 0 Å². The van der Waals surface area contributed by atoms with Gasteiger partial charge in [-0.3, -0.25) is 91.0 Å². The minimum atomic E-state index is -1.56. The van der Waals surface area contributed by atoms with Crippen molar-refractivity contribution in [2.45, 2.75) is 0 Å². The summed E-state index contributed by atoms with van der Waals surface area (Å²) in [6, 6.07) is 0.828. The summed E-state index contributed by atoms with van der Waals surface area (Å²) in [7, 11) is 0. The molecule has 0 bridgehead atoms. The lowest BCUT2D eigenvalue weighted by Gasteiger charge is -2.10. The minimum absolute atomic E-state index is 0.138. The zero-order valence-electron chi connectivity index (χ0n) is 23.7. The summed E-state index contributed by atoms with van der Waals surface area (Å²) < 4.78 is 0. The van der Waals surface area contributed by atoms with E-state index in [9.17, 15) is 91.0 Å². The molecule has 51 heavy (non-hydrogen) atoms. The second-order valence-electron chi connectivity index (χ2n) is 9.20. The lowest BCUT2D eigenvalue weighted by molar-refractivity contribution is -0.402. The van der Waals surface area contributed by atoms with Crippen LogP contribution >= 0.6 is 0 Å². The van der Waals surface area contributed by atoms with Gasteiger partial charge in [-0.15, -0.1) is 0 Å². The largest absolute Gasteiger partial charge is 0.294 e. The van der Waals surface area contributed by atoms with Crippen molar-refractivity contribution in [3.8, 4) is 34.2 Å². The molecule has 0 aliphatic rings. The van der Waals surface area contributed by atoms with Crippen LogP contribution in [0.1, 0.15) is 0 Å². The van der Waals surface area contributed by atoms with Crippen molar-refractivity contribution in [3.05, 3.63) is 127 Å². The number of nitrogens with zero attached hydrogens (tertiary/aromatic N) is 12. The summed E-state index contributed by atoms with van der Waals surface area (Å²) in [5.74, 6) is -4.40. The third kappa shape index (κ3) is 6.46. The van der Waals surface area contributed by atoms with Crippen LogP contribution in [0.3, 0.4) is 0 Å². The zero-order chi connectivity index (χ0) is 38.2. The topological polar surface area (TPSA) is 427 Å². The number of nitro groups is 9. The molecular weight excluding hydrogens is 708 g/mol. The highest BCUT2D eigenvalue weighted by molar-refractivity contribution is 5.87. The van der Waals surface area contributed by atoms with Gasteiger partial charge in [0.05, 0.1) is 80.7 Å². The number of benzene rings is 3. The molecule has 3 aromatic carbocycles. The smallest absolute Gasteiger partial charge is 0.258 e. The average molecular weight is 714 g/mol. The Morgan fingerprint density at radius 3 is 0.569 bits per heavy atom. The zero-order valence-corrected chi connectivity index (χ0v) is 23.7. The molecule has 4 aromatic rings. The van der Waals surface area contributed by atoms with E-state index in [0.717, 1.165) is 0 Å². The lowest BCUT2D eigenvalue weighted by Crippen LogP contribution is -2.09. The van der Waals surface area contributed by atoms with Gasteiger partial charge in [0.2, 0.25) is 0 Å². The monoisotopic (exact) mass is 714 g/mol. The van der Waals surface area contributed by atoms with Gasteiger partial charge in [-0.1, -0.05) is 0 Å². The molecule has 0 spiro atoms. The van der Waals surface area contributed by atoms with E-state index in [-0.39, 0.29) is 36.4 Å². The second-order valence-corrected chi connectivity index (χ2v) is 9.20. The van der Waals surface area contributed by atoms with Crippen LogP contribution in [0.5, 0.6) is 0 Å². The highest BCUT2D eigenvalue weighted by Crippen LogP contribution is 2.46. The van der Waals surface area contributed by atoms with Crippen LogP contribution in [0.25, 0.3) is 34.2 Å². The SMILES string of the molecule is O=[N+]([O-])c1cc([N+](=O)[O-])c(-c2nc(-c3c([N+](=O)[O-])cc([N+](=O)[O-])cc3[N+](=O)[O-])nc(-c3c([N+](=O)[O-])cc([N+](=O)[O-])cc3[N+](=O)[O-])n2)c([N+](=O)[O-])c1. The van der Waals surface area contributed by atoms with E-state index in [0.29, 0.717) is 0 Å². The predicted molar refractivity (Wildman–Crippen MR) is 156 cm³/mol. The van der Waals surface area contributed by atoms with Crippen molar-refractivity contribution in [1.29, 1.82) is 0 Å². The minimum Gasteiger partial charge on any atom is -0.258 e. The Morgan fingerprint density at radius 1 is 0.294 bits per heavy atom. The molecule has 0 aliphatic carbocycles. The van der Waals surface area contributed by atoms with Crippen LogP contribution < -0.4 is 0 Å². The first-order valence-electron chi connectivity index (χ1n) is 12.4. The molecular formula is C21H6N12O18. The first kappa shape index (κ1) is 35.1. The van der Waals surface area contributed by atoms with Gasteiger partial charge in [-0.05, 0) is 0 Å². The van der Waals surface area contributed by atoms with Gasteiger partial charge in [-0.2, -0.15) is 0 Å². The Hall–Kier alpha value is -8.73. The lowest BCUT2D eigenvalue weighted by atomic mass is 10.1. The first-order valence-corrected chi connectivity index (χ1v) is 12.4. The summed E-state index contributed by atoms with van der Waals surface area (Å²) in [6.07, 6.45) is 0. The number of aromatic nitrogens is 3. The molecule has 1 heterocycles. The van der Waals surface area contributed by atoms with Gasteiger partial charge < -0.3 is 0 Å². The van der Waals surface area contributed by atoms with Crippen LogP contribution in [0.15, 0.2) is 36.4 Å². The van der Waals surface area contributed by atoms with Crippen molar-refractivity contribution in [2.75, 3.05) is 0 Å². The fourth-order valence-electron chi connectivity index (χ4n) is 4.37. The number of nitro benzene ring substituents is 9. The van der Waals surface area contributed by atoms with E-state index in [4.69, 9.17) is 0 Å². The van der Waals surface area contributed by atoms with Crippen molar-refractivity contribution >= 4 is 51.2 Å². The van der Waals surface area contributed by atoms with Crippen molar-refractivity contribution in [2.24, 2.45) is 0 Å². The van der Waals surface area contributed by atoms with Crippen molar-refractivity contribution < 1.29 is 44.3 Å². The molecule has 0 N–H and O–H groups in total. The fraction of sp³-hybridized carbons (Fsp3) is 0. The molecule has 0 unspecified atom stereocenters. The first-order chi connectivity index (χ1) is 23.7. The third-order valence-electron chi connectivity index (χ3n) is 6.36. The molecule has 0 saturated carbocycles. The molecule has 0 fully saturated rings. The van der Waals surface area contributed by atoms with Gasteiger partial charge in [0.25, 0.3) is 51.2 Å². The highest BCUT2D eigenvalue weighted by atomic mass is 16.7. The number of hydrogen-bond acceptors (Lipinski definition) is 21. The van der Waals surface area contributed by atoms with E-state index in [2.05, 4.69) is 15.0 Å². The van der Waals surface area contributed by atoms with Gasteiger partial charge >= 0.3 is 0 Å². The highest BCUT2D eigenvalue weighted by Gasteiger charge is 2.40. The van der Waals surface area contributed by atoms with E-state index in [1.54, 1.807) is 0 Å². The van der Waals surface area contributed by atoms with E-state index in [1.165, 1.54) is 0 Å². The summed E-state index contributed by atoms with van der Waals surface area (Å²) in [5.41, 5.74) is -17.4. The Morgan fingerprint density at radius 2 is 0.451 bits per heavy atom. The summed E-state index contributed by atoms with van der Waals surface area (Å²) in [6.45, 7) is 0. The summed E-state index contributed by atoms with van der Waals surface area (Å²) >= 11 is 0. The predicted octanol–water partition coefficient (Wildman–Crippen LogP) is 4.05. The fourth-order valence-corrected chi connectivity index (χ4v) is 4.37. The molecule has 0 saturated heterocycles. The molecule has 1 aromatic heterocycles. The van der Waals surface area contributed by atoms with Gasteiger partial charge in [-0.25, -0.2) is 15.0 Å². The molecule has 258 valence electrons. The van der Waals surface area contributed by atoms with Gasteiger partial charge in [0.15, 0.2) is 34.2 Å². The Kier molecular flexibility index (Phi) is 8.83. The Balaban J connectivity index is 2.38. The molecule has 30 nitrogen and oxygen atoms in total. The number of rotatable bonds is 12. The second kappa shape index (κ2) is 12.8. The van der Waals surface area contributed by atoms with E-state index in [1.807, 2.05) is 0 Å². The molecule has 4 rings (SSSR count). The van der Waals surface area contributed by atoms with E-state index < -0.39 is 130 Å². The maximum absolute atomic E-state index is 12.0. The average Bonchev–Trinajstić information content (AvgIpc) is 3.05. The van der Waals surface area contributed by atoms with Crippen LogP contribution in [-0.2, 0) is 0 Å². The maximum Gasteiger partial charge on any atom is 0.294 e. The maximum atomic E-state index is 12.0. The molecule has 0 aliphatic heterocycles. The third-order valence-corrected chi connectivity index (χ3v) is 6.36. The number of hydrogen-bond donors (Lipinski definition) is 0. The van der Waals surface area contributed by atoms with Gasteiger partial charge in [0, 0.05) is 0 Å². The van der Waals surface area contributed by atoms with Crippen LogP contribution in [0, 0.1) is 91.0 Å². The Labute approximate surface area is 272 Å². The Bertz CT molecular complexity index is 1970. The summed E-state index contributed by atoms with van der Waals surface area (Å²) in [4.78, 5) is 105. The quantitative estimate of drug-likeness (QED) is 0.147. The van der Waals surface area contributed by atoms with Crippen LogP contribution in [-0.4, -0.2) is 59.3 Å². The summed E-state index contributed by atoms with van der Waals surface area (Å²) in [5, 5.41) is 106. The molecule has 30 heteroatoms. The van der Waals surface area contributed by atoms with E-state index >= 15 is 0 Å². The number of non-ortho nitro benzene ring substituents is 3.